The second kappa shape index (κ2) is 6.66. The lowest BCUT2D eigenvalue weighted by Crippen LogP contribution is -2.08. The Kier molecular flexibility index (Phi) is 4.90. The number of hydrogen-bond donors (Lipinski definition) is 1. The molecule has 0 saturated heterocycles. The predicted octanol–water partition coefficient (Wildman–Crippen LogP) is 4.06. The molecular weight excluding hydrogens is 274 g/mol. The molecular formula is C15H20ClN3O. The number of anilines is 1. The van der Waals surface area contributed by atoms with Crippen LogP contribution in [0.5, 0.6) is 5.75 Å². The molecule has 1 aromatic carbocycles. The maximum absolute atomic E-state index is 5.95. The second-order valence-corrected chi connectivity index (χ2v) is 5.14. The van der Waals surface area contributed by atoms with Crippen LogP contribution in [-0.2, 0) is 6.61 Å². The van der Waals surface area contributed by atoms with Crippen molar-refractivity contribution in [1.82, 2.24) is 9.78 Å². The first kappa shape index (κ1) is 14.7. The Hall–Kier alpha value is -1.68. The zero-order valence-electron chi connectivity index (χ0n) is 11.8. The smallest absolute Gasteiger partial charge is 0.132 e. The van der Waals surface area contributed by atoms with E-state index in [0.717, 1.165) is 18.5 Å². The van der Waals surface area contributed by atoms with Crippen LogP contribution in [0.3, 0.4) is 0 Å². The van der Waals surface area contributed by atoms with Crippen LogP contribution in [0.4, 0.5) is 5.69 Å². The van der Waals surface area contributed by atoms with Gasteiger partial charge in [-0.25, -0.2) is 0 Å². The number of hydrogen-bond acceptors (Lipinski definition) is 3. The fourth-order valence-corrected chi connectivity index (χ4v) is 2.25. The summed E-state index contributed by atoms with van der Waals surface area (Å²) in [4.78, 5) is 0. The Balaban J connectivity index is 1.98. The molecule has 4 nitrogen and oxygen atoms in total. The third-order valence-electron chi connectivity index (χ3n) is 3.34. The molecule has 0 amide bonds. The van der Waals surface area contributed by atoms with Gasteiger partial charge in [0.25, 0.3) is 0 Å². The maximum atomic E-state index is 5.95. The highest BCUT2D eigenvalue weighted by Crippen LogP contribution is 2.24. The van der Waals surface area contributed by atoms with E-state index in [9.17, 15) is 0 Å². The summed E-state index contributed by atoms with van der Waals surface area (Å²) in [5.74, 6) is 0.696. The van der Waals surface area contributed by atoms with Crippen LogP contribution in [0.15, 0.2) is 30.5 Å². The average molecular weight is 294 g/mol. The monoisotopic (exact) mass is 293 g/mol. The summed E-state index contributed by atoms with van der Waals surface area (Å²) < 4.78 is 7.68. The van der Waals surface area contributed by atoms with Crippen LogP contribution < -0.4 is 10.5 Å². The molecule has 2 aromatic rings. The van der Waals surface area contributed by atoms with Crippen molar-refractivity contribution in [2.24, 2.45) is 0 Å². The van der Waals surface area contributed by atoms with Crippen LogP contribution in [0.1, 0.15) is 38.4 Å². The molecule has 2 rings (SSSR count). The van der Waals surface area contributed by atoms with Gasteiger partial charge in [-0.3, -0.25) is 4.68 Å². The van der Waals surface area contributed by atoms with Crippen LogP contribution >= 0.6 is 11.6 Å². The lowest BCUT2D eigenvalue weighted by atomic mass is 10.2. The molecule has 20 heavy (non-hydrogen) atoms. The number of benzene rings is 1. The first-order valence-corrected chi connectivity index (χ1v) is 7.23. The quantitative estimate of drug-likeness (QED) is 0.817. The van der Waals surface area contributed by atoms with Crippen molar-refractivity contribution < 1.29 is 4.74 Å². The van der Waals surface area contributed by atoms with Gasteiger partial charge in [0.2, 0.25) is 0 Å². The van der Waals surface area contributed by atoms with Gasteiger partial charge in [-0.05, 0) is 31.0 Å². The summed E-state index contributed by atoms with van der Waals surface area (Å²) in [6, 6.07) is 7.70. The number of nitrogen functional groups attached to an aromatic ring is 1. The van der Waals surface area contributed by atoms with E-state index in [4.69, 9.17) is 22.1 Å². The Morgan fingerprint density at radius 3 is 2.70 bits per heavy atom. The molecule has 0 spiro atoms. The highest BCUT2D eigenvalue weighted by atomic mass is 35.5. The van der Waals surface area contributed by atoms with Gasteiger partial charge in [0.1, 0.15) is 12.4 Å². The van der Waals surface area contributed by atoms with Crippen molar-refractivity contribution in [3.63, 3.8) is 0 Å². The fourth-order valence-electron chi connectivity index (χ4n) is 2.08. The fraction of sp³-hybridized carbons (Fsp3) is 0.400. The van der Waals surface area contributed by atoms with E-state index in [1.165, 1.54) is 0 Å². The van der Waals surface area contributed by atoms with Gasteiger partial charge in [-0.15, -0.1) is 0 Å². The van der Waals surface area contributed by atoms with E-state index >= 15 is 0 Å². The minimum absolute atomic E-state index is 0.424. The molecule has 0 bridgehead atoms. The molecule has 0 fully saturated rings. The van der Waals surface area contributed by atoms with Gasteiger partial charge in [0.15, 0.2) is 0 Å². The molecule has 5 heteroatoms. The van der Waals surface area contributed by atoms with Gasteiger partial charge in [0, 0.05) is 12.3 Å². The zero-order valence-corrected chi connectivity index (χ0v) is 12.6. The molecule has 1 aromatic heterocycles. The van der Waals surface area contributed by atoms with Crippen LogP contribution in [-0.4, -0.2) is 9.78 Å². The number of nitrogens with zero attached hydrogens (tertiary/aromatic N) is 2. The van der Waals surface area contributed by atoms with Crippen LogP contribution in [0.2, 0.25) is 5.02 Å². The SMILES string of the molecule is CCC(CC)n1ccc(COc2ccc(N)c(Cl)c2)n1. The van der Waals surface area contributed by atoms with E-state index < -0.39 is 0 Å². The maximum Gasteiger partial charge on any atom is 0.132 e. The van der Waals surface area contributed by atoms with E-state index in [-0.39, 0.29) is 0 Å². The first-order valence-electron chi connectivity index (χ1n) is 6.85. The summed E-state index contributed by atoms with van der Waals surface area (Å²) in [5, 5.41) is 5.05. The normalized spacial score (nSPS) is 11.0. The van der Waals surface area contributed by atoms with Crippen molar-refractivity contribution >= 4 is 17.3 Å². The second-order valence-electron chi connectivity index (χ2n) is 4.73. The summed E-state index contributed by atoms with van der Waals surface area (Å²) in [5.41, 5.74) is 7.12. The molecule has 0 atom stereocenters. The molecule has 0 radical (unpaired) electrons. The molecule has 1 heterocycles. The number of aromatic nitrogens is 2. The number of rotatable bonds is 6. The number of ether oxygens (including phenoxy) is 1. The van der Waals surface area contributed by atoms with Crippen molar-refractivity contribution in [3.8, 4) is 5.75 Å². The first-order chi connectivity index (χ1) is 9.63. The van der Waals surface area contributed by atoms with Crippen molar-refractivity contribution in [1.29, 1.82) is 0 Å². The molecule has 108 valence electrons. The van der Waals surface area contributed by atoms with Gasteiger partial charge < -0.3 is 10.5 Å². The molecule has 2 N–H and O–H groups in total. The third-order valence-corrected chi connectivity index (χ3v) is 3.67. The van der Waals surface area contributed by atoms with Gasteiger partial charge in [0.05, 0.1) is 22.4 Å². The Bertz CT molecular complexity index is 564. The topological polar surface area (TPSA) is 53.1 Å². The molecule has 0 aliphatic carbocycles. The summed E-state index contributed by atoms with van der Waals surface area (Å²) >= 11 is 5.95. The van der Waals surface area contributed by atoms with E-state index in [1.54, 1.807) is 18.2 Å². The standard InChI is InChI=1S/C15H20ClN3O/c1-3-12(4-2)19-8-7-11(18-19)10-20-13-5-6-15(17)14(16)9-13/h5-9,12H,3-4,10,17H2,1-2H3. The molecule has 0 saturated carbocycles. The predicted molar refractivity (Wildman–Crippen MR) is 82.0 cm³/mol. The largest absolute Gasteiger partial charge is 0.487 e. The Morgan fingerprint density at radius 1 is 1.30 bits per heavy atom. The molecule has 0 aliphatic rings. The third kappa shape index (κ3) is 3.45. The van der Waals surface area contributed by atoms with Gasteiger partial charge >= 0.3 is 0 Å². The average Bonchev–Trinajstić information content (AvgIpc) is 2.90. The summed E-state index contributed by atoms with van der Waals surface area (Å²) in [6.07, 6.45) is 4.16. The van der Waals surface area contributed by atoms with E-state index in [2.05, 4.69) is 18.9 Å². The number of halogens is 1. The van der Waals surface area contributed by atoms with Crippen molar-refractivity contribution in [2.45, 2.75) is 39.3 Å². The van der Waals surface area contributed by atoms with Crippen LogP contribution in [0, 0.1) is 0 Å². The lowest BCUT2D eigenvalue weighted by Gasteiger charge is -2.12. The highest BCUT2D eigenvalue weighted by Gasteiger charge is 2.08. The Labute approximate surface area is 124 Å². The molecule has 0 unspecified atom stereocenters. The van der Waals surface area contributed by atoms with Crippen molar-refractivity contribution in [2.75, 3.05) is 5.73 Å². The number of nitrogens with two attached hydrogens (primary N) is 1. The van der Waals surface area contributed by atoms with E-state index in [0.29, 0.717) is 29.1 Å². The van der Waals surface area contributed by atoms with Crippen molar-refractivity contribution in [3.05, 3.63) is 41.2 Å². The minimum atomic E-state index is 0.424. The highest BCUT2D eigenvalue weighted by molar-refractivity contribution is 6.33. The summed E-state index contributed by atoms with van der Waals surface area (Å²) in [7, 11) is 0. The summed E-state index contributed by atoms with van der Waals surface area (Å²) in [6.45, 7) is 4.76. The molecule has 0 aliphatic heterocycles. The van der Waals surface area contributed by atoms with Gasteiger partial charge in [-0.1, -0.05) is 25.4 Å². The Morgan fingerprint density at radius 2 is 2.05 bits per heavy atom. The minimum Gasteiger partial charge on any atom is -0.487 e. The lowest BCUT2D eigenvalue weighted by molar-refractivity contribution is 0.297. The van der Waals surface area contributed by atoms with Crippen LogP contribution in [0.25, 0.3) is 0 Å². The van der Waals surface area contributed by atoms with E-state index in [1.807, 2.05) is 16.9 Å². The van der Waals surface area contributed by atoms with Gasteiger partial charge in [-0.2, -0.15) is 5.10 Å². The zero-order chi connectivity index (χ0) is 14.5.